The van der Waals surface area contributed by atoms with Crippen LogP contribution in [-0.2, 0) is 24.7 Å². The molecule has 4 atom stereocenters. The molecule has 5 rings (SSSR count). The van der Waals surface area contributed by atoms with Crippen LogP contribution in [0.15, 0.2) is 42.5 Å². The topological polar surface area (TPSA) is 140 Å². The molecule has 3 aliphatic rings. The van der Waals surface area contributed by atoms with Crippen molar-refractivity contribution in [1.82, 2.24) is 5.32 Å². The first-order valence-electron chi connectivity index (χ1n) is 10.9. The van der Waals surface area contributed by atoms with Gasteiger partial charge < -0.3 is 20.5 Å². The van der Waals surface area contributed by atoms with E-state index in [0.717, 1.165) is 4.90 Å². The van der Waals surface area contributed by atoms with Crippen molar-refractivity contribution in [2.75, 3.05) is 24.4 Å². The summed E-state index contributed by atoms with van der Waals surface area (Å²) in [7, 11) is 2.92. The van der Waals surface area contributed by atoms with Gasteiger partial charge in [-0.3, -0.25) is 24.5 Å². The molecule has 0 saturated carbocycles. The van der Waals surface area contributed by atoms with Crippen molar-refractivity contribution in [2.24, 2.45) is 17.6 Å². The molecule has 4 amide bonds. The highest BCUT2D eigenvalue weighted by atomic mass is 16.5. The minimum absolute atomic E-state index is 0.00415. The summed E-state index contributed by atoms with van der Waals surface area (Å²) in [6.07, 6.45) is 0.208. The maximum atomic E-state index is 14.0. The molecule has 176 valence electrons. The normalized spacial score (nSPS) is 27.1. The molecule has 3 heterocycles. The predicted molar refractivity (Wildman–Crippen MR) is 121 cm³/mol. The Morgan fingerprint density at radius 1 is 1.09 bits per heavy atom. The molecule has 0 unspecified atom stereocenters. The zero-order valence-electron chi connectivity index (χ0n) is 18.7. The van der Waals surface area contributed by atoms with Gasteiger partial charge in [0, 0.05) is 29.8 Å². The van der Waals surface area contributed by atoms with Crippen molar-refractivity contribution in [3.8, 4) is 11.5 Å². The molecule has 4 N–H and O–H groups in total. The molecular formula is C24H24N4O6. The molecule has 0 radical (unpaired) electrons. The summed E-state index contributed by atoms with van der Waals surface area (Å²) < 4.78 is 10.7. The van der Waals surface area contributed by atoms with Crippen molar-refractivity contribution in [3.63, 3.8) is 0 Å². The predicted octanol–water partition coefficient (Wildman–Crippen LogP) is 0.894. The monoisotopic (exact) mass is 464 g/mol. The number of fused-ring (bicyclic) bond motifs is 4. The summed E-state index contributed by atoms with van der Waals surface area (Å²) in [5, 5.41) is 6.11. The number of nitrogens with one attached hydrogen (secondary N) is 2. The van der Waals surface area contributed by atoms with Gasteiger partial charge in [0.1, 0.15) is 17.0 Å². The highest BCUT2D eigenvalue weighted by Crippen LogP contribution is 2.54. The fourth-order valence-electron chi connectivity index (χ4n) is 5.51. The lowest BCUT2D eigenvalue weighted by atomic mass is 9.76. The number of carbonyl (C=O) groups is 4. The van der Waals surface area contributed by atoms with E-state index in [0.29, 0.717) is 22.7 Å². The third-order valence-electron chi connectivity index (χ3n) is 6.95. The van der Waals surface area contributed by atoms with Crippen LogP contribution in [0.2, 0.25) is 0 Å². The zero-order chi connectivity index (χ0) is 24.2. The van der Waals surface area contributed by atoms with Crippen LogP contribution in [0, 0.1) is 11.8 Å². The van der Waals surface area contributed by atoms with Gasteiger partial charge in [0.2, 0.25) is 23.6 Å². The van der Waals surface area contributed by atoms with Gasteiger partial charge in [0.15, 0.2) is 0 Å². The van der Waals surface area contributed by atoms with Crippen molar-refractivity contribution in [1.29, 1.82) is 0 Å². The lowest BCUT2D eigenvalue weighted by Crippen LogP contribution is -2.53. The van der Waals surface area contributed by atoms with Crippen LogP contribution in [0.25, 0.3) is 0 Å². The molecule has 1 spiro atoms. The SMILES string of the molecule is COc1ccc(OC)c(N2C(=O)[C@H]3[C@@H](CCC(N)=O)N[C@]4(C(=O)Nc5ccccc54)[C@H]3C2=O)c1. The second kappa shape index (κ2) is 7.84. The number of amides is 4. The zero-order valence-corrected chi connectivity index (χ0v) is 18.7. The molecule has 0 aliphatic carbocycles. The number of rotatable bonds is 6. The van der Waals surface area contributed by atoms with E-state index < -0.39 is 47.0 Å². The minimum atomic E-state index is -1.45. The molecule has 2 aromatic carbocycles. The van der Waals surface area contributed by atoms with Gasteiger partial charge in [-0.1, -0.05) is 18.2 Å². The number of imide groups is 1. The quantitative estimate of drug-likeness (QED) is 0.540. The Hall–Kier alpha value is -3.92. The number of nitrogens with zero attached hydrogens (tertiary/aromatic N) is 1. The summed E-state index contributed by atoms with van der Waals surface area (Å²) in [5.74, 6) is -3.08. The lowest BCUT2D eigenvalue weighted by Gasteiger charge is -2.29. The number of nitrogens with two attached hydrogens (primary N) is 1. The van der Waals surface area contributed by atoms with Gasteiger partial charge in [-0.05, 0) is 24.6 Å². The maximum absolute atomic E-state index is 14.0. The number of ether oxygens (including phenoxy) is 2. The van der Waals surface area contributed by atoms with Crippen LogP contribution >= 0.6 is 0 Å². The molecule has 2 fully saturated rings. The molecule has 34 heavy (non-hydrogen) atoms. The van der Waals surface area contributed by atoms with Crippen molar-refractivity contribution < 1.29 is 28.7 Å². The fourth-order valence-corrected chi connectivity index (χ4v) is 5.51. The van der Waals surface area contributed by atoms with Crippen molar-refractivity contribution >= 4 is 35.0 Å². The van der Waals surface area contributed by atoms with Crippen LogP contribution < -0.4 is 30.7 Å². The van der Waals surface area contributed by atoms with E-state index in [1.165, 1.54) is 14.2 Å². The van der Waals surface area contributed by atoms with E-state index in [2.05, 4.69) is 10.6 Å². The lowest BCUT2D eigenvalue weighted by molar-refractivity contribution is -0.130. The van der Waals surface area contributed by atoms with Gasteiger partial charge in [0.25, 0.3) is 0 Å². The van der Waals surface area contributed by atoms with Crippen LogP contribution in [0.5, 0.6) is 11.5 Å². The van der Waals surface area contributed by atoms with Crippen molar-refractivity contribution in [2.45, 2.75) is 24.4 Å². The van der Waals surface area contributed by atoms with Crippen LogP contribution in [0.4, 0.5) is 11.4 Å². The van der Waals surface area contributed by atoms with E-state index >= 15 is 0 Å². The number of primary amides is 1. The Morgan fingerprint density at radius 2 is 1.85 bits per heavy atom. The number of anilines is 2. The third-order valence-corrected chi connectivity index (χ3v) is 6.95. The van der Waals surface area contributed by atoms with Crippen LogP contribution in [0.1, 0.15) is 18.4 Å². The average Bonchev–Trinajstić information content (AvgIpc) is 3.41. The molecule has 10 heteroatoms. The highest BCUT2D eigenvalue weighted by molar-refractivity contribution is 6.26. The second-order valence-corrected chi connectivity index (χ2v) is 8.62. The van der Waals surface area contributed by atoms with Gasteiger partial charge in [0.05, 0.1) is 31.7 Å². The smallest absolute Gasteiger partial charge is 0.250 e. The molecule has 3 aliphatic heterocycles. The first kappa shape index (κ1) is 21.9. The Kier molecular flexibility index (Phi) is 5.05. The van der Waals surface area contributed by atoms with Gasteiger partial charge in [-0.15, -0.1) is 0 Å². The summed E-state index contributed by atoms with van der Waals surface area (Å²) in [4.78, 5) is 53.8. The Balaban J connectivity index is 1.66. The molecule has 2 aromatic rings. The number of carbonyl (C=O) groups excluding carboxylic acids is 4. The van der Waals surface area contributed by atoms with Crippen LogP contribution in [0.3, 0.4) is 0 Å². The van der Waals surface area contributed by atoms with E-state index in [9.17, 15) is 19.2 Å². The number of methoxy groups -OCH3 is 2. The number of hydrogen-bond donors (Lipinski definition) is 3. The van der Waals surface area contributed by atoms with Crippen molar-refractivity contribution in [3.05, 3.63) is 48.0 Å². The van der Waals surface area contributed by atoms with Gasteiger partial charge >= 0.3 is 0 Å². The summed E-state index contributed by atoms with van der Waals surface area (Å²) in [6.45, 7) is 0. The molecular weight excluding hydrogens is 440 g/mol. The Bertz CT molecular complexity index is 1230. The first-order chi connectivity index (χ1) is 16.3. The van der Waals surface area contributed by atoms with E-state index in [1.54, 1.807) is 42.5 Å². The largest absolute Gasteiger partial charge is 0.497 e. The minimum Gasteiger partial charge on any atom is -0.497 e. The number of benzene rings is 2. The molecule has 2 saturated heterocycles. The molecule has 0 aromatic heterocycles. The van der Waals surface area contributed by atoms with E-state index in [-0.39, 0.29) is 18.5 Å². The third kappa shape index (κ3) is 2.91. The van der Waals surface area contributed by atoms with Gasteiger partial charge in [-0.25, -0.2) is 4.90 Å². The highest BCUT2D eigenvalue weighted by Gasteiger charge is 2.70. The van der Waals surface area contributed by atoms with E-state index in [1.807, 2.05) is 0 Å². The second-order valence-electron chi connectivity index (χ2n) is 8.62. The standard InChI is InChI=1S/C24H24N4O6/c1-33-12-7-9-17(34-2)16(11-12)28-21(30)19-15(8-10-18(25)29)27-24(20(19)22(28)31)13-5-3-4-6-14(13)26-23(24)32/h3-7,9,11,15,19-20,27H,8,10H2,1-2H3,(H2,25,29)(H,26,32)/t15-,19+,20-,24+/m1/s1. The average molecular weight is 464 g/mol. The number of hydrogen-bond acceptors (Lipinski definition) is 7. The van der Waals surface area contributed by atoms with Gasteiger partial charge in [-0.2, -0.15) is 0 Å². The summed E-state index contributed by atoms with van der Waals surface area (Å²) >= 11 is 0. The maximum Gasteiger partial charge on any atom is 0.250 e. The van der Waals surface area contributed by atoms with E-state index in [4.69, 9.17) is 15.2 Å². The summed E-state index contributed by atoms with van der Waals surface area (Å²) in [5.41, 5.74) is 5.33. The summed E-state index contributed by atoms with van der Waals surface area (Å²) in [6, 6.07) is 11.3. The van der Waals surface area contributed by atoms with Crippen LogP contribution in [-0.4, -0.2) is 43.9 Å². The number of para-hydroxylation sites is 1. The first-order valence-corrected chi connectivity index (χ1v) is 10.9. The Labute approximate surface area is 195 Å². The molecule has 10 nitrogen and oxygen atoms in total. The molecule has 0 bridgehead atoms. The fraction of sp³-hybridized carbons (Fsp3) is 0.333. The Morgan fingerprint density at radius 3 is 2.56 bits per heavy atom.